The van der Waals surface area contributed by atoms with Crippen LogP contribution in [-0.4, -0.2) is 17.1 Å². The molecule has 1 aliphatic carbocycles. The van der Waals surface area contributed by atoms with Gasteiger partial charge in [0.05, 0.1) is 5.92 Å². The van der Waals surface area contributed by atoms with Crippen molar-refractivity contribution >= 4 is 17.6 Å². The fourth-order valence-electron chi connectivity index (χ4n) is 1.76. The van der Waals surface area contributed by atoms with E-state index in [4.69, 9.17) is 16.7 Å². The summed E-state index contributed by atoms with van der Waals surface area (Å²) in [5.41, 5.74) is 1.17. The summed E-state index contributed by atoms with van der Waals surface area (Å²) < 4.78 is 13.3. The maximum absolute atomic E-state index is 13.3. The number of nitrogens with one attached hydrogen (secondary N) is 1. The third-order valence-corrected chi connectivity index (χ3v) is 3.34. The van der Waals surface area contributed by atoms with Gasteiger partial charge in [-0.1, -0.05) is 11.6 Å². The molecule has 0 aliphatic heterocycles. The van der Waals surface area contributed by atoms with Crippen LogP contribution in [0.25, 0.3) is 0 Å². The largest absolute Gasteiger partial charge is 0.481 e. The Balaban J connectivity index is 1.96. The number of hydrogen-bond acceptors (Lipinski definition) is 2. The van der Waals surface area contributed by atoms with Crippen molar-refractivity contribution in [2.45, 2.75) is 25.9 Å². The minimum absolute atomic E-state index is 0.0204. The maximum atomic E-state index is 13.3. The van der Waals surface area contributed by atoms with Crippen LogP contribution in [0.3, 0.4) is 0 Å². The molecule has 1 saturated carbocycles. The Kier molecular flexibility index (Phi) is 3.35. The van der Waals surface area contributed by atoms with Crippen LogP contribution in [0.4, 0.5) is 4.39 Å². The average Bonchev–Trinajstić information content (AvgIpc) is 3.01. The Bertz CT molecular complexity index is 464. The highest BCUT2D eigenvalue weighted by Crippen LogP contribution is 2.31. The molecule has 1 aromatic rings. The normalized spacial score (nSPS) is 22.5. The highest BCUT2D eigenvalue weighted by atomic mass is 35.5. The number of carboxylic acids is 1. The van der Waals surface area contributed by atoms with Crippen LogP contribution in [0.1, 0.15) is 17.5 Å². The monoisotopic (exact) mass is 257 g/mol. The Labute approximate surface area is 104 Å². The summed E-state index contributed by atoms with van der Waals surface area (Å²) in [7, 11) is 0. The molecule has 2 unspecified atom stereocenters. The first-order chi connectivity index (χ1) is 7.99. The van der Waals surface area contributed by atoms with Crippen LogP contribution in [0, 0.1) is 18.7 Å². The van der Waals surface area contributed by atoms with Crippen molar-refractivity contribution in [1.29, 1.82) is 0 Å². The zero-order valence-corrected chi connectivity index (χ0v) is 10.1. The summed E-state index contributed by atoms with van der Waals surface area (Å²) in [6.07, 6.45) is 0.626. The van der Waals surface area contributed by atoms with Crippen molar-refractivity contribution in [3.8, 4) is 0 Å². The average molecular weight is 258 g/mol. The van der Waals surface area contributed by atoms with Crippen molar-refractivity contribution in [2.24, 2.45) is 5.92 Å². The van der Waals surface area contributed by atoms with Crippen LogP contribution in [-0.2, 0) is 11.3 Å². The summed E-state index contributed by atoms with van der Waals surface area (Å²) in [5, 5.41) is 12.3. The third-order valence-electron chi connectivity index (χ3n) is 2.99. The minimum atomic E-state index is -0.788. The first kappa shape index (κ1) is 12.3. The van der Waals surface area contributed by atoms with Gasteiger partial charge in [0.1, 0.15) is 5.82 Å². The zero-order chi connectivity index (χ0) is 12.6. The lowest BCUT2D eigenvalue weighted by molar-refractivity contribution is -0.138. The van der Waals surface area contributed by atoms with Gasteiger partial charge in [-0.3, -0.25) is 4.79 Å². The Morgan fingerprint density at radius 1 is 1.65 bits per heavy atom. The van der Waals surface area contributed by atoms with Crippen LogP contribution < -0.4 is 5.32 Å². The van der Waals surface area contributed by atoms with Crippen LogP contribution in [0.2, 0.25) is 5.02 Å². The summed E-state index contributed by atoms with van der Waals surface area (Å²) >= 11 is 5.98. The quantitative estimate of drug-likeness (QED) is 0.871. The number of aliphatic carboxylic acids is 1. The summed E-state index contributed by atoms with van der Waals surface area (Å²) in [4.78, 5) is 10.6. The molecule has 1 aliphatic rings. The van der Waals surface area contributed by atoms with Crippen molar-refractivity contribution in [3.05, 3.63) is 34.1 Å². The summed E-state index contributed by atoms with van der Waals surface area (Å²) in [5.74, 6) is -1.40. The molecule has 3 nitrogen and oxygen atoms in total. The molecule has 2 atom stereocenters. The molecule has 0 amide bonds. The highest BCUT2D eigenvalue weighted by Gasteiger charge is 2.42. The van der Waals surface area contributed by atoms with Gasteiger partial charge in [-0.25, -0.2) is 4.39 Å². The molecular weight excluding hydrogens is 245 g/mol. The molecule has 0 radical (unpaired) electrons. The lowest BCUT2D eigenvalue weighted by Gasteiger charge is -2.07. The molecule has 1 fully saturated rings. The molecule has 1 aromatic carbocycles. The van der Waals surface area contributed by atoms with Crippen LogP contribution in [0.5, 0.6) is 0 Å². The van der Waals surface area contributed by atoms with E-state index in [1.165, 1.54) is 6.07 Å². The van der Waals surface area contributed by atoms with E-state index in [2.05, 4.69) is 5.32 Å². The molecule has 92 valence electrons. The third kappa shape index (κ3) is 2.76. The van der Waals surface area contributed by atoms with Crippen molar-refractivity contribution < 1.29 is 14.3 Å². The van der Waals surface area contributed by atoms with Gasteiger partial charge in [0.25, 0.3) is 0 Å². The van der Waals surface area contributed by atoms with Gasteiger partial charge in [-0.15, -0.1) is 0 Å². The second kappa shape index (κ2) is 4.63. The Morgan fingerprint density at radius 3 is 2.94 bits per heavy atom. The van der Waals surface area contributed by atoms with Gasteiger partial charge >= 0.3 is 5.97 Å². The summed E-state index contributed by atoms with van der Waals surface area (Å²) in [6.45, 7) is 2.05. The number of halogens is 2. The SMILES string of the molecule is Cc1cc(Cl)c(CNC2CC2C(=O)O)cc1F. The van der Waals surface area contributed by atoms with Gasteiger partial charge in [0.15, 0.2) is 0 Å². The van der Waals surface area contributed by atoms with E-state index in [0.29, 0.717) is 29.1 Å². The minimum Gasteiger partial charge on any atom is -0.481 e. The predicted octanol–water partition coefficient (Wildman–Crippen LogP) is 2.35. The van der Waals surface area contributed by atoms with E-state index in [-0.39, 0.29) is 17.8 Å². The van der Waals surface area contributed by atoms with E-state index < -0.39 is 5.97 Å². The van der Waals surface area contributed by atoms with Crippen molar-refractivity contribution in [2.75, 3.05) is 0 Å². The molecule has 17 heavy (non-hydrogen) atoms. The number of aryl methyl sites for hydroxylation is 1. The first-order valence-corrected chi connectivity index (χ1v) is 5.77. The molecule has 5 heteroatoms. The topological polar surface area (TPSA) is 49.3 Å². The van der Waals surface area contributed by atoms with Crippen molar-refractivity contribution in [3.63, 3.8) is 0 Å². The van der Waals surface area contributed by atoms with Gasteiger partial charge < -0.3 is 10.4 Å². The smallest absolute Gasteiger partial charge is 0.308 e. The first-order valence-electron chi connectivity index (χ1n) is 5.39. The lowest BCUT2D eigenvalue weighted by atomic mass is 10.1. The second-order valence-electron chi connectivity index (χ2n) is 4.36. The number of benzene rings is 1. The highest BCUT2D eigenvalue weighted by molar-refractivity contribution is 6.31. The molecular formula is C12H13ClFNO2. The molecule has 0 bridgehead atoms. The molecule has 0 spiro atoms. The van der Waals surface area contributed by atoms with Gasteiger partial charge in [-0.2, -0.15) is 0 Å². The van der Waals surface area contributed by atoms with E-state index in [0.717, 1.165) is 0 Å². The van der Waals surface area contributed by atoms with E-state index in [1.54, 1.807) is 13.0 Å². The van der Waals surface area contributed by atoms with Crippen LogP contribution >= 0.6 is 11.6 Å². The number of carbonyl (C=O) groups is 1. The second-order valence-corrected chi connectivity index (χ2v) is 4.77. The van der Waals surface area contributed by atoms with Crippen LogP contribution in [0.15, 0.2) is 12.1 Å². The lowest BCUT2D eigenvalue weighted by Crippen LogP contribution is -2.20. The Hall–Kier alpha value is -1.13. The fraction of sp³-hybridized carbons (Fsp3) is 0.417. The van der Waals surface area contributed by atoms with Gasteiger partial charge in [0.2, 0.25) is 0 Å². The van der Waals surface area contributed by atoms with Gasteiger partial charge in [-0.05, 0) is 36.6 Å². The molecule has 0 saturated heterocycles. The van der Waals surface area contributed by atoms with E-state index in [9.17, 15) is 9.18 Å². The molecule has 2 rings (SSSR count). The predicted molar refractivity (Wildman–Crippen MR) is 62.5 cm³/mol. The fourth-order valence-corrected chi connectivity index (χ4v) is 2.04. The zero-order valence-electron chi connectivity index (χ0n) is 9.34. The number of hydrogen-bond donors (Lipinski definition) is 2. The summed E-state index contributed by atoms with van der Waals surface area (Å²) in [6, 6.07) is 2.95. The van der Waals surface area contributed by atoms with E-state index in [1.807, 2.05) is 0 Å². The standard InChI is InChI=1S/C12H13ClFNO2/c1-6-2-9(13)7(3-10(6)14)5-15-11-4-8(11)12(16)17/h2-3,8,11,15H,4-5H2,1H3,(H,16,17). The molecule has 2 N–H and O–H groups in total. The maximum Gasteiger partial charge on any atom is 0.308 e. The molecule has 0 heterocycles. The van der Waals surface area contributed by atoms with Gasteiger partial charge in [0, 0.05) is 17.6 Å². The molecule has 0 aromatic heterocycles. The van der Waals surface area contributed by atoms with E-state index >= 15 is 0 Å². The Morgan fingerprint density at radius 2 is 2.35 bits per heavy atom. The van der Waals surface area contributed by atoms with Crippen molar-refractivity contribution in [1.82, 2.24) is 5.32 Å². The number of rotatable bonds is 4. The number of carboxylic acid groups (broad SMARTS) is 1.